The van der Waals surface area contributed by atoms with Gasteiger partial charge in [0.2, 0.25) is 12.6 Å². The minimum absolute atomic E-state index is 0. The van der Waals surface area contributed by atoms with Crippen molar-refractivity contribution in [2.45, 2.75) is 65.0 Å². The third-order valence-corrected chi connectivity index (χ3v) is 3.24. The number of halogens is 1. The molecule has 1 aromatic rings. The first kappa shape index (κ1) is 18.9. The molecule has 0 unspecified atom stereocenters. The molecule has 1 N–H and O–H groups in total. The van der Waals surface area contributed by atoms with Gasteiger partial charge in [-0.05, 0) is 6.42 Å². The highest BCUT2D eigenvalue weighted by Crippen LogP contribution is 2.08. The van der Waals surface area contributed by atoms with Gasteiger partial charge in [0.05, 0.1) is 0 Å². The molecule has 0 aliphatic heterocycles. The van der Waals surface area contributed by atoms with Crippen LogP contribution in [0.4, 0.5) is 0 Å². The summed E-state index contributed by atoms with van der Waals surface area (Å²) in [5, 5.41) is 2.93. The molecule has 3 nitrogen and oxygen atoms in total. The van der Waals surface area contributed by atoms with Crippen LogP contribution in [0.2, 0.25) is 0 Å². The van der Waals surface area contributed by atoms with Crippen molar-refractivity contribution < 1.29 is 21.8 Å². The van der Waals surface area contributed by atoms with Crippen LogP contribution in [0.3, 0.4) is 0 Å². The molecule has 1 amide bonds. The Kier molecular flexibility index (Phi) is 12.2. The lowest BCUT2D eigenvalue weighted by Crippen LogP contribution is -3.00. The van der Waals surface area contributed by atoms with E-state index in [4.69, 9.17) is 0 Å². The van der Waals surface area contributed by atoms with Gasteiger partial charge in [-0.2, -0.15) is 4.57 Å². The van der Waals surface area contributed by atoms with Gasteiger partial charge in [-0.25, -0.2) is 0 Å². The quantitative estimate of drug-likeness (QED) is 0.486. The minimum atomic E-state index is 0. The van der Waals surface area contributed by atoms with Gasteiger partial charge in [-0.15, -0.1) is 0 Å². The molecule has 0 bridgehead atoms. The van der Waals surface area contributed by atoms with Crippen LogP contribution in [0, 0.1) is 0 Å². The molecule has 1 aromatic heterocycles. The third kappa shape index (κ3) is 9.79. The monoisotopic (exact) mass is 298 g/mol. The van der Waals surface area contributed by atoms with Crippen LogP contribution in [0.1, 0.15) is 58.3 Å². The number of hydrogen-bond donors (Lipinski definition) is 1. The van der Waals surface area contributed by atoms with E-state index in [-0.39, 0.29) is 18.3 Å². The molecule has 0 aliphatic rings. The van der Waals surface area contributed by atoms with Crippen molar-refractivity contribution in [1.29, 1.82) is 0 Å². The molecule has 0 fully saturated rings. The van der Waals surface area contributed by atoms with Crippen LogP contribution in [0.5, 0.6) is 0 Å². The molecular formula is C16H27ClN2O. The molecule has 4 heteroatoms. The summed E-state index contributed by atoms with van der Waals surface area (Å²) >= 11 is 0. The number of carbonyl (C=O) groups is 1. The molecule has 1 heterocycles. The zero-order valence-electron chi connectivity index (χ0n) is 12.5. The number of hydrogen-bond acceptors (Lipinski definition) is 1. The predicted octanol–water partition coefficient (Wildman–Crippen LogP) is 0.193. The Labute approximate surface area is 129 Å². The highest BCUT2D eigenvalue weighted by molar-refractivity contribution is 5.75. The van der Waals surface area contributed by atoms with Gasteiger partial charge in [-0.1, -0.05) is 51.5 Å². The van der Waals surface area contributed by atoms with E-state index in [0.717, 1.165) is 6.42 Å². The first-order valence-electron chi connectivity index (χ1n) is 7.53. The van der Waals surface area contributed by atoms with Crippen molar-refractivity contribution in [2.75, 3.05) is 0 Å². The maximum absolute atomic E-state index is 11.6. The summed E-state index contributed by atoms with van der Waals surface area (Å²) < 4.78 is 1.96. The number of nitrogens with one attached hydrogen (secondary N) is 1. The second-order valence-corrected chi connectivity index (χ2v) is 5.02. The van der Waals surface area contributed by atoms with E-state index in [1.54, 1.807) is 0 Å². The van der Waals surface area contributed by atoms with E-state index in [9.17, 15) is 4.79 Å². The Bertz CT molecular complexity index is 344. The van der Waals surface area contributed by atoms with E-state index >= 15 is 0 Å². The van der Waals surface area contributed by atoms with Crippen molar-refractivity contribution in [3.8, 4) is 0 Å². The van der Waals surface area contributed by atoms with Crippen molar-refractivity contribution in [3.63, 3.8) is 0 Å². The van der Waals surface area contributed by atoms with Crippen molar-refractivity contribution in [2.24, 2.45) is 0 Å². The van der Waals surface area contributed by atoms with E-state index in [2.05, 4.69) is 12.2 Å². The molecular weight excluding hydrogens is 272 g/mol. The predicted molar refractivity (Wildman–Crippen MR) is 77.4 cm³/mol. The highest BCUT2D eigenvalue weighted by Gasteiger charge is 2.03. The Hall–Kier alpha value is -1.09. The molecule has 0 spiro atoms. The lowest BCUT2D eigenvalue weighted by Gasteiger charge is -2.02. The van der Waals surface area contributed by atoms with Gasteiger partial charge in [0.15, 0.2) is 12.4 Å². The number of rotatable bonds is 10. The molecule has 0 atom stereocenters. The van der Waals surface area contributed by atoms with Crippen molar-refractivity contribution >= 4 is 5.91 Å². The number of unbranched alkanes of at least 4 members (excludes halogenated alkanes) is 6. The number of aromatic nitrogens is 1. The Morgan fingerprint density at radius 2 is 1.55 bits per heavy atom. The van der Waals surface area contributed by atoms with Gasteiger partial charge in [0.25, 0.3) is 0 Å². The Morgan fingerprint density at radius 1 is 0.950 bits per heavy atom. The molecule has 0 saturated heterocycles. The fourth-order valence-corrected chi connectivity index (χ4v) is 2.05. The molecule has 1 rings (SSSR count). The second kappa shape index (κ2) is 12.9. The maximum atomic E-state index is 11.6. The van der Waals surface area contributed by atoms with E-state index in [0.29, 0.717) is 13.1 Å². The molecule has 0 radical (unpaired) electrons. The summed E-state index contributed by atoms with van der Waals surface area (Å²) in [6.07, 6.45) is 13.3. The van der Waals surface area contributed by atoms with Gasteiger partial charge in [-0.3, -0.25) is 4.79 Å². The van der Waals surface area contributed by atoms with Crippen LogP contribution in [-0.4, -0.2) is 5.91 Å². The Balaban J connectivity index is 0.00000361. The number of nitrogens with zero attached hydrogens (tertiary/aromatic N) is 1. The minimum Gasteiger partial charge on any atom is -1.00 e. The zero-order chi connectivity index (χ0) is 13.8. The normalized spacial score (nSPS) is 9.85. The maximum Gasteiger partial charge on any atom is 0.224 e. The second-order valence-electron chi connectivity index (χ2n) is 5.02. The average molecular weight is 299 g/mol. The summed E-state index contributed by atoms with van der Waals surface area (Å²) in [6.45, 7) is 2.80. The molecule has 20 heavy (non-hydrogen) atoms. The summed E-state index contributed by atoms with van der Waals surface area (Å²) in [6, 6.07) is 5.89. The van der Waals surface area contributed by atoms with E-state index in [1.807, 2.05) is 35.2 Å². The zero-order valence-corrected chi connectivity index (χ0v) is 13.2. The summed E-state index contributed by atoms with van der Waals surface area (Å²) in [5.74, 6) is 0.157. The van der Waals surface area contributed by atoms with Crippen LogP contribution >= 0.6 is 0 Å². The van der Waals surface area contributed by atoms with Crippen LogP contribution in [0.25, 0.3) is 0 Å². The molecule has 0 saturated carbocycles. The average Bonchev–Trinajstić information content (AvgIpc) is 2.45. The largest absolute Gasteiger partial charge is 1.00 e. The summed E-state index contributed by atoms with van der Waals surface area (Å²) in [7, 11) is 0. The number of amides is 1. The van der Waals surface area contributed by atoms with Crippen LogP contribution in [-0.2, 0) is 11.5 Å². The van der Waals surface area contributed by atoms with E-state index in [1.165, 1.54) is 38.5 Å². The van der Waals surface area contributed by atoms with Crippen LogP contribution in [0.15, 0.2) is 30.6 Å². The highest BCUT2D eigenvalue weighted by atomic mass is 35.5. The first-order chi connectivity index (χ1) is 9.33. The number of pyridine rings is 1. The van der Waals surface area contributed by atoms with Crippen molar-refractivity contribution in [1.82, 2.24) is 5.32 Å². The Morgan fingerprint density at radius 3 is 2.20 bits per heavy atom. The summed E-state index contributed by atoms with van der Waals surface area (Å²) in [4.78, 5) is 11.6. The third-order valence-electron chi connectivity index (χ3n) is 3.24. The van der Waals surface area contributed by atoms with E-state index < -0.39 is 0 Å². The SMILES string of the molecule is CCCCCCCCCC(=O)NC[n+]1ccccc1.[Cl-]. The molecule has 114 valence electrons. The van der Waals surface area contributed by atoms with Gasteiger partial charge in [0, 0.05) is 18.6 Å². The fraction of sp³-hybridized carbons (Fsp3) is 0.625. The molecule has 0 aliphatic carbocycles. The number of carbonyl (C=O) groups excluding carboxylic acids is 1. The van der Waals surface area contributed by atoms with Crippen LogP contribution < -0.4 is 22.3 Å². The lowest BCUT2D eigenvalue weighted by atomic mass is 10.1. The standard InChI is InChI=1S/C16H26N2O.ClH/c1-2-3-4-5-6-7-9-12-16(19)17-15-18-13-10-8-11-14-18;/h8,10-11,13-14H,2-7,9,12,15H2,1H3;1H. The fourth-order valence-electron chi connectivity index (χ4n) is 2.05. The summed E-state index contributed by atoms with van der Waals surface area (Å²) in [5.41, 5.74) is 0. The van der Waals surface area contributed by atoms with Gasteiger partial charge >= 0.3 is 0 Å². The molecule has 0 aromatic carbocycles. The first-order valence-corrected chi connectivity index (χ1v) is 7.53. The van der Waals surface area contributed by atoms with Gasteiger partial charge < -0.3 is 17.7 Å². The van der Waals surface area contributed by atoms with Gasteiger partial charge in [0.1, 0.15) is 0 Å². The topological polar surface area (TPSA) is 33.0 Å². The lowest BCUT2D eigenvalue weighted by molar-refractivity contribution is -0.700. The smallest absolute Gasteiger partial charge is 0.224 e. The van der Waals surface area contributed by atoms with Crippen molar-refractivity contribution in [3.05, 3.63) is 30.6 Å².